The lowest BCUT2D eigenvalue weighted by atomic mass is 9.88. The molecule has 9 heteroatoms. The largest absolute Gasteiger partial charge is 0.486 e. The van der Waals surface area contributed by atoms with Crippen molar-refractivity contribution in [1.82, 2.24) is 9.66 Å². The first-order chi connectivity index (χ1) is 18.4. The molecule has 7 nitrogen and oxygen atoms in total. The molecule has 1 fully saturated rings. The van der Waals surface area contributed by atoms with Crippen molar-refractivity contribution >= 4 is 46.3 Å². The predicted molar refractivity (Wildman–Crippen MR) is 149 cm³/mol. The second-order valence-corrected chi connectivity index (χ2v) is 10.1. The Morgan fingerprint density at radius 2 is 1.79 bits per heavy atom. The Morgan fingerprint density at radius 3 is 2.53 bits per heavy atom. The van der Waals surface area contributed by atoms with Crippen LogP contribution in [0.5, 0.6) is 5.75 Å². The zero-order valence-corrected chi connectivity index (χ0v) is 22.0. The average Bonchev–Trinajstić information content (AvgIpc) is 2.92. The van der Waals surface area contributed by atoms with Crippen molar-refractivity contribution in [2.45, 2.75) is 44.6 Å². The Kier molecular flexibility index (Phi) is 7.77. The van der Waals surface area contributed by atoms with Gasteiger partial charge in [0.15, 0.2) is 5.75 Å². The lowest BCUT2D eigenvalue weighted by molar-refractivity contribution is 0.0696. The van der Waals surface area contributed by atoms with Crippen LogP contribution in [0.2, 0.25) is 10.0 Å². The van der Waals surface area contributed by atoms with Crippen molar-refractivity contribution in [2.75, 3.05) is 0 Å². The first-order valence-electron chi connectivity index (χ1n) is 12.4. The standard InChI is InChI=1S/C29H25Cl2N3O4/c30-23-14-19(15-24(31)26(23)38-17-18-7-6-10-21(13-18)29(36)37)16-32-34-27(20-8-2-1-3-9-20)33-25-12-5-4-11-22(25)28(34)35/h4-7,10-16,20H,1-3,8-9,17H2,(H,36,37). The molecule has 1 saturated carbocycles. The van der Waals surface area contributed by atoms with Crippen molar-refractivity contribution in [3.8, 4) is 5.75 Å². The third kappa shape index (κ3) is 5.59. The summed E-state index contributed by atoms with van der Waals surface area (Å²) in [5.74, 6) is 0.101. The number of hydrogen-bond donors (Lipinski definition) is 1. The van der Waals surface area contributed by atoms with Crippen LogP contribution in [-0.4, -0.2) is 27.0 Å². The molecule has 1 aromatic heterocycles. The van der Waals surface area contributed by atoms with Crippen LogP contribution in [-0.2, 0) is 6.61 Å². The van der Waals surface area contributed by atoms with Gasteiger partial charge in [-0.05, 0) is 60.4 Å². The van der Waals surface area contributed by atoms with Crippen LogP contribution in [0.25, 0.3) is 10.9 Å². The number of ether oxygens (including phenoxy) is 1. The van der Waals surface area contributed by atoms with Gasteiger partial charge in [0.2, 0.25) is 0 Å². The quantitative estimate of drug-likeness (QED) is 0.253. The summed E-state index contributed by atoms with van der Waals surface area (Å²) in [7, 11) is 0. The van der Waals surface area contributed by atoms with E-state index in [4.69, 9.17) is 32.9 Å². The second kappa shape index (κ2) is 11.4. The van der Waals surface area contributed by atoms with Gasteiger partial charge < -0.3 is 9.84 Å². The molecule has 1 aliphatic carbocycles. The Balaban J connectivity index is 1.43. The van der Waals surface area contributed by atoms with Gasteiger partial charge in [-0.25, -0.2) is 9.78 Å². The summed E-state index contributed by atoms with van der Waals surface area (Å²) in [4.78, 5) is 29.4. The lowest BCUT2D eigenvalue weighted by Crippen LogP contribution is -2.25. The summed E-state index contributed by atoms with van der Waals surface area (Å²) in [5.41, 5.74) is 1.89. The van der Waals surface area contributed by atoms with E-state index in [1.54, 1.807) is 36.5 Å². The highest BCUT2D eigenvalue weighted by atomic mass is 35.5. The van der Waals surface area contributed by atoms with E-state index in [0.29, 0.717) is 27.9 Å². The Hall–Kier alpha value is -3.68. The first kappa shape index (κ1) is 25.9. The number of aromatic carboxylic acids is 1. The second-order valence-electron chi connectivity index (χ2n) is 9.29. The Labute approximate surface area is 229 Å². The van der Waals surface area contributed by atoms with Gasteiger partial charge in [0.25, 0.3) is 5.56 Å². The van der Waals surface area contributed by atoms with E-state index >= 15 is 0 Å². The van der Waals surface area contributed by atoms with Crippen molar-refractivity contribution in [2.24, 2.45) is 5.10 Å². The highest BCUT2D eigenvalue weighted by molar-refractivity contribution is 6.37. The van der Waals surface area contributed by atoms with Crippen molar-refractivity contribution < 1.29 is 14.6 Å². The maximum absolute atomic E-state index is 13.4. The minimum absolute atomic E-state index is 0.0941. The fourth-order valence-corrected chi connectivity index (χ4v) is 5.36. The van der Waals surface area contributed by atoms with Gasteiger partial charge >= 0.3 is 5.97 Å². The van der Waals surface area contributed by atoms with E-state index in [9.17, 15) is 14.7 Å². The summed E-state index contributed by atoms with van der Waals surface area (Å²) in [6, 6.07) is 17.1. The van der Waals surface area contributed by atoms with Gasteiger partial charge in [-0.1, -0.05) is 66.7 Å². The monoisotopic (exact) mass is 549 g/mol. The lowest BCUT2D eigenvalue weighted by Gasteiger charge is -2.22. The fraction of sp³-hybridized carbons (Fsp3) is 0.241. The predicted octanol–water partition coefficient (Wildman–Crippen LogP) is 6.91. The first-order valence-corrected chi connectivity index (χ1v) is 13.2. The zero-order valence-electron chi connectivity index (χ0n) is 20.4. The molecule has 0 saturated heterocycles. The minimum Gasteiger partial charge on any atom is -0.486 e. The third-order valence-corrected chi connectivity index (χ3v) is 7.21. The van der Waals surface area contributed by atoms with Gasteiger partial charge in [-0.2, -0.15) is 9.78 Å². The van der Waals surface area contributed by atoms with Gasteiger partial charge in [0.1, 0.15) is 12.4 Å². The molecule has 0 atom stereocenters. The van der Waals surface area contributed by atoms with E-state index in [1.165, 1.54) is 23.2 Å². The zero-order chi connectivity index (χ0) is 26.6. The van der Waals surface area contributed by atoms with Gasteiger partial charge in [0.05, 0.1) is 32.7 Å². The molecule has 194 valence electrons. The number of rotatable bonds is 7. The molecule has 0 bridgehead atoms. The molecule has 4 aromatic rings. The molecule has 5 rings (SSSR count). The molecule has 0 radical (unpaired) electrons. The fourth-order valence-electron chi connectivity index (χ4n) is 4.74. The minimum atomic E-state index is -1.01. The molecule has 0 aliphatic heterocycles. The third-order valence-electron chi connectivity index (χ3n) is 6.65. The Bertz CT molecular complexity index is 1570. The van der Waals surface area contributed by atoms with Crippen LogP contribution in [0.15, 0.2) is 70.6 Å². The smallest absolute Gasteiger partial charge is 0.335 e. The topological polar surface area (TPSA) is 93.8 Å². The van der Waals surface area contributed by atoms with Gasteiger partial charge in [0, 0.05) is 5.92 Å². The molecule has 0 spiro atoms. The average molecular weight is 550 g/mol. The number of nitrogens with zero attached hydrogens (tertiary/aromatic N) is 3. The molecule has 1 N–H and O–H groups in total. The number of halogens is 2. The van der Waals surface area contributed by atoms with Crippen LogP contribution in [0.4, 0.5) is 0 Å². The molecular weight excluding hydrogens is 525 g/mol. The SMILES string of the molecule is O=C(O)c1cccc(COc2c(Cl)cc(C=Nn3c(C4CCCCC4)nc4ccccc4c3=O)cc2Cl)c1. The van der Waals surface area contributed by atoms with Gasteiger partial charge in [-0.3, -0.25) is 4.79 Å². The number of fused-ring (bicyclic) bond motifs is 1. The number of carbonyl (C=O) groups is 1. The van der Waals surface area contributed by atoms with E-state index < -0.39 is 5.97 Å². The van der Waals surface area contributed by atoms with Crippen LogP contribution >= 0.6 is 23.2 Å². The number of aromatic nitrogens is 2. The molecule has 3 aromatic carbocycles. The maximum atomic E-state index is 13.4. The summed E-state index contributed by atoms with van der Waals surface area (Å²) in [5, 5.41) is 14.8. The number of benzene rings is 3. The van der Waals surface area contributed by atoms with Crippen LogP contribution < -0.4 is 10.3 Å². The Morgan fingerprint density at radius 1 is 1.05 bits per heavy atom. The maximum Gasteiger partial charge on any atom is 0.335 e. The molecule has 0 amide bonds. The van der Waals surface area contributed by atoms with Crippen LogP contribution in [0.3, 0.4) is 0 Å². The van der Waals surface area contributed by atoms with E-state index in [1.807, 2.05) is 18.2 Å². The number of hydrogen-bond acceptors (Lipinski definition) is 5. The molecule has 1 aliphatic rings. The molecular formula is C29H25Cl2N3O4. The van der Waals surface area contributed by atoms with Crippen molar-refractivity contribution in [3.05, 3.63) is 104 Å². The molecule has 38 heavy (non-hydrogen) atoms. The molecule has 0 unspecified atom stereocenters. The summed E-state index contributed by atoms with van der Waals surface area (Å²) in [6.07, 6.45) is 6.88. The number of para-hydroxylation sites is 1. The summed E-state index contributed by atoms with van der Waals surface area (Å²) in [6.45, 7) is 0.0941. The van der Waals surface area contributed by atoms with Crippen molar-refractivity contribution in [1.29, 1.82) is 0 Å². The van der Waals surface area contributed by atoms with Crippen molar-refractivity contribution in [3.63, 3.8) is 0 Å². The van der Waals surface area contributed by atoms with Crippen LogP contribution in [0.1, 0.15) is 65.3 Å². The van der Waals surface area contributed by atoms with E-state index in [-0.39, 0.29) is 39.4 Å². The van der Waals surface area contributed by atoms with Crippen LogP contribution in [0, 0.1) is 0 Å². The molecule has 1 heterocycles. The summed E-state index contributed by atoms with van der Waals surface area (Å²) >= 11 is 13.0. The van der Waals surface area contributed by atoms with E-state index in [0.717, 1.165) is 25.7 Å². The highest BCUT2D eigenvalue weighted by Crippen LogP contribution is 2.35. The highest BCUT2D eigenvalue weighted by Gasteiger charge is 2.22. The number of carboxylic acid groups (broad SMARTS) is 1. The van der Waals surface area contributed by atoms with Gasteiger partial charge in [-0.15, -0.1) is 0 Å². The summed E-state index contributed by atoms with van der Waals surface area (Å²) < 4.78 is 7.21. The number of carboxylic acids is 1. The normalized spacial score (nSPS) is 14.3. The van der Waals surface area contributed by atoms with E-state index in [2.05, 4.69) is 5.10 Å².